The number of aliphatic carboxylic acids is 2. The van der Waals surface area contributed by atoms with Crippen LogP contribution in [-0.2, 0) is 19.2 Å². The van der Waals surface area contributed by atoms with Crippen LogP contribution in [0.15, 0.2) is 85.1 Å². The molecular weight excluding hydrogens is 605 g/mol. The van der Waals surface area contributed by atoms with Gasteiger partial charge in [-0.3, -0.25) is 14.4 Å². The molecule has 1 atom stereocenters. The molecule has 242 valence electrons. The molecule has 0 radical (unpaired) electrons. The van der Waals surface area contributed by atoms with E-state index in [0.29, 0.717) is 18.5 Å². The maximum Gasteiger partial charge on any atom is 0.490 e. The zero-order chi connectivity index (χ0) is 33.7. The molecular formula is C33H33F3N4O6. The number of carboxylic acid groups (broad SMARTS) is 2. The van der Waals surface area contributed by atoms with Gasteiger partial charge in [0.25, 0.3) is 0 Å². The maximum atomic E-state index is 12.6. The van der Waals surface area contributed by atoms with E-state index < -0.39 is 30.1 Å². The average molecular weight is 639 g/mol. The van der Waals surface area contributed by atoms with E-state index in [1.807, 2.05) is 67.6 Å². The molecule has 0 aliphatic carbocycles. The minimum atomic E-state index is -5.08. The molecule has 1 unspecified atom stereocenters. The lowest BCUT2D eigenvalue weighted by molar-refractivity contribution is -0.192. The zero-order valence-corrected chi connectivity index (χ0v) is 24.8. The summed E-state index contributed by atoms with van der Waals surface area (Å²) in [4.78, 5) is 49.4. The van der Waals surface area contributed by atoms with E-state index in [9.17, 15) is 32.7 Å². The van der Waals surface area contributed by atoms with Gasteiger partial charge in [-0.25, -0.2) is 9.78 Å². The predicted molar refractivity (Wildman–Crippen MR) is 166 cm³/mol. The Balaban J connectivity index is 0.000000738. The summed E-state index contributed by atoms with van der Waals surface area (Å²) in [5, 5.41) is 27.3. The van der Waals surface area contributed by atoms with Crippen LogP contribution in [0.4, 0.5) is 19.0 Å². The molecule has 0 aliphatic heterocycles. The Bertz CT molecular complexity index is 1660. The van der Waals surface area contributed by atoms with Crippen molar-refractivity contribution in [2.24, 2.45) is 0 Å². The Morgan fingerprint density at radius 3 is 2.22 bits per heavy atom. The predicted octanol–water partition coefficient (Wildman–Crippen LogP) is 5.48. The van der Waals surface area contributed by atoms with Crippen molar-refractivity contribution in [3.05, 3.63) is 96.2 Å². The van der Waals surface area contributed by atoms with Gasteiger partial charge in [0.1, 0.15) is 5.82 Å². The van der Waals surface area contributed by atoms with Gasteiger partial charge >= 0.3 is 18.1 Å². The molecule has 0 spiro atoms. The van der Waals surface area contributed by atoms with Crippen LogP contribution in [0, 0.1) is 6.92 Å². The summed E-state index contributed by atoms with van der Waals surface area (Å²) in [6.45, 7) is 2.33. The number of carboxylic acids is 2. The van der Waals surface area contributed by atoms with Crippen molar-refractivity contribution in [1.82, 2.24) is 15.6 Å². The molecule has 46 heavy (non-hydrogen) atoms. The van der Waals surface area contributed by atoms with Crippen molar-refractivity contribution < 1.29 is 42.6 Å². The molecule has 0 aliphatic rings. The largest absolute Gasteiger partial charge is 0.490 e. The fraction of sp³-hybridized carbons (Fsp3) is 0.242. The molecule has 10 nitrogen and oxygen atoms in total. The lowest BCUT2D eigenvalue weighted by atomic mass is 9.95. The Kier molecular flexibility index (Phi) is 12.6. The van der Waals surface area contributed by atoms with Gasteiger partial charge in [-0.15, -0.1) is 0 Å². The fourth-order valence-electron chi connectivity index (χ4n) is 4.41. The average Bonchev–Trinajstić information content (AvgIpc) is 3.01. The van der Waals surface area contributed by atoms with Gasteiger partial charge in [-0.05, 0) is 58.5 Å². The standard InChI is InChI=1S/C31H32N4O4.C2HF3O2/c1-21-15-17-33-28(18-21)32-16-5-10-29(36)34-20-30(37)35-27(19-31(38)39)24-13-11-23(12-14-24)26-9-4-7-22-6-2-3-8-25(22)26;3-2(4,5)1(6)7/h2-4,6-9,11-15,17-18,27H,5,10,16,19-20H2,1H3,(H,32,33)(H,34,36)(H,35,37)(H,38,39);(H,6,7). The quantitative estimate of drug-likeness (QED) is 0.128. The molecule has 0 bridgehead atoms. The van der Waals surface area contributed by atoms with Crippen molar-refractivity contribution in [2.45, 2.75) is 38.4 Å². The smallest absolute Gasteiger partial charge is 0.481 e. The number of fused-ring (bicyclic) bond motifs is 1. The summed E-state index contributed by atoms with van der Waals surface area (Å²) in [6, 6.07) is 24.9. The van der Waals surface area contributed by atoms with E-state index >= 15 is 0 Å². The van der Waals surface area contributed by atoms with Crippen molar-refractivity contribution >= 4 is 40.3 Å². The lowest BCUT2D eigenvalue weighted by Crippen LogP contribution is -2.39. The molecule has 4 aromatic rings. The molecule has 1 heterocycles. The molecule has 1 aromatic heterocycles. The number of rotatable bonds is 12. The van der Waals surface area contributed by atoms with Crippen LogP contribution in [0.25, 0.3) is 21.9 Å². The maximum absolute atomic E-state index is 12.6. The van der Waals surface area contributed by atoms with Gasteiger partial charge < -0.3 is 26.2 Å². The second-order valence-corrected chi connectivity index (χ2v) is 10.2. The highest BCUT2D eigenvalue weighted by molar-refractivity contribution is 5.96. The Morgan fingerprint density at radius 2 is 1.57 bits per heavy atom. The number of hydrogen-bond acceptors (Lipinski definition) is 6. The second-order valence-electron chi connectivity index (χ2n) is 10.2. The number of carbonyl (C=O) groups excluding carboxylic acids is 2. The zero-order valence-electron chi connectivity index (χ0n) is 24.8. The third kappa shape index (κ3) is 11.2. The highest BCUT2D eigenvalue weighted by Gasteiger charge is 2.38. The Hall–Kier alpha value is -5.46. The molecule has 0 saturated heterocycles. The topological polar surface area (TPSA) is 158 Å². The summed E-state index contributed by atoms with van der Waals surface area (Å²) in [5.74, 6) is -3.73. The number of alkyl halides is 3. The molecule has 2 amide bonds. The van der Waals surface area contributed by atoms with E-state index in [-0.39, 0.29) is 25.3 Å². The molecule has 0 saturated carbocycles. The van der Waals surface area contributed by atoms with Crippen LogP contribution in [0.1, 0.15) is 36.4 Å². The first kappa shape index (κ1) is 35.0. The van der Waals surface area contributed by atoms with Crippen LogP contribution in [-0.4, -0.2) is 58.2 Å². The van der Waals surface area contributed by atoms with Crippen LogP contribution in [0.2, 0.25) is 0 Å². The number of nitrogens with zero attached hydrogens (tertiary/aromatic N) is 1. The molecule has 0 fully saturated rings. The first-order valence-electron chi connectivity index (χ1n) is 14.2. The van der Waals surface area contributed by atoms with E-state index in [1.54, 1.807) is 6.20 Å². The van der Waals surface area contributed by atoms with Gasteiger partial charge in [0.2, 0.25) is 11.8 Å². The van der Waals surface area contributed by atoms with E-state index in [1.165, 1.54) is 0 Å². The number of hydrogen-bond donors (Lipinski definition) is 5. The van der Waals surface area contributed by atoms with Crippen molar-refractivity contribution in [1.29, 1.82) is 0 Å². The Labute approximate surface area is 262 Å². The normalized spacial score (nSPS) is 11.5. The van der Waals surface area contributed by atoms with E-state index in [2.05, 4.69) is 39.1 Å². The summed E-state index contributed by atoms with van der Waals surface area (Å²) in [6.07, 6.45) is -2.81. The van der Waals surface area contributed by atoms with Gasteiger partial charge in [0.05, 0.1) is 19.0 Å². The van der Waals surface area contributed by atoms with Crippen molar-refractivity contribution in [3.63, 3.8) is 0 Å². The fourth-order valence-corrected chi connectivity index (χ4v) is 4.41. The van der Waals surface area contributed by atoms with Crippen LogP contribution < -0.4 is 16.0 Å². The van der Waals surface area contributed by atoms with E-state index in [4.69, 9.17) is 9.90 Å². The highest BCUT2D eigenvalue weighted by Crippen LogP contribution is 2.30. The number of anilines is 1. The van der Waals surface area contributed by atoms with Crippen LogP contribution in [0.3, 0.4) is 0 Å². The molecule has 13 heteroatoms. The van der Waals surface area contributed by atoms with Gasteiger partial charge in [0, 0.05) is 19.2 Å². The molecule has 3 aromatic carbocycles. The number of nitrogens with one attached hydrogen (secondary N) is 3. The Morgan fingerprint density at radius 1 is 0.891 bits per heavy atom. The lowest BCUT2D eigenvalue weighted by Gasteiger charge is -2.18. The third-order valence-electron chi connectivity index (χ3n) is 6.62. The summed E-state index contributed by atoms with van der Waals surface area (Å²) >= 11 is 0. The van der Waals surface area contributed by atoms with E-state index in [0.717, 1.165) is 33.3 Å². The number of aromatic nitrogens is 1. The number of benzene rings is 3. The van der Waals surface area contributed by atoms with Crippen LogP contribution >= 0.6 is 0 Å². The number of pyridine rings is 1. The van der Waals surface area contributed by atoms with Crippen molar-refractivity contribution in [3.8, 4) is 11.1 Å². The number of amides is 2. The minimum Gasteiger partial charge on any atom is -0.481 e. The SMILES string of the molecule is Cc1ccnc(NCCCC(=O)NCC(=O)NC(CC(=O)O)c2ccc(-c3cccc4ccccc34)cc2)c1.O=C(O)C(F)(F)F. The van der Waals surface area contributed by atoms with Crippen LogP contribution in [0.5, 0.6) is 0 Å². The summed E-state index contributed by atoms with van der Waals surface area (Å²) in [7, 11) is 0. The summed E-state index contributed by atoms with van der Waals surface area (Å²) in [5.41, 5.74) is 3.84. The monoisotopic (exact) mass is 638 g/mol. The van der Waals surface area contributed by atoms with Gasteiger partial charge in [0.15, 0.2) is 0 Å². The summed E-state index contributed by atoms with van der Waals surface area (Å²) < 4.78 is 31.7. The number of halogens is 3. The number of carbonyl (C=O) groups is 4. The highest BCUT2D eigenvalue weighted by atomic mass is 19.4. The van der Waals surface area contributed by atoms with Crippen molar-refractivity contribution in [2.75, 3.05) is 18.4 Å². The molecule has 5 N–H and O–H groups in total. The van der Waals surface area contributed by atoms with Gasteiger partial charge in [-0.2, -0.15) is 13.2 Å². The first-order chi connectivity index (χ1) is 21.8. The second kappa shape index (κ2) is 16.6. The third-order valence-corrected chi connectivity index (χ3v) is 6.62. The minimum absolute atomic E-state index is 0.226. The number of aryl methyl sites for hydroxylation is 1. The molecule has 4 rings (SSSR count). The van der Waals surface area contributed by atoms with Gasteiger partial charge in [-0.1, -0.05) is 66.7 Å². The first-order valence-corrected chi connectivity index (χ1v) is 14.2.